The number of para-hydroxylation sites is 1. The predicted octanol–water partition coefficient (Wildman–Crippen LogP) is 3.57. The van der Waals surface area contributed by atoms with Gasteiger partial charge >= 0.3 is 5.97 Å². The zero-order chi connectivity index (χ0) is 20.3. The number of amides is 1. The van der Waals surface area contributed by atoms with Crippen molar-refractivity contribution in [2.24, 2.45) is 5.10 Å². The van der Waals surface area contributed by atoms with E-state index in [1.54, 1.807) is 25.1 Å². The maximum absolute atomic E-state index is 12.8. The van der Waals surface area contributed by atoms with Crippen molar-refractivity contribution < 1.29 is 24.2 Å². The molecule has 1 amide bonds. The van der Waals surface area contributed by atoms with Gasteiger partial charge in [0, 0.05) is 0 Å². The van der Waals surface area contributed by atoms with Gasteiger partial charge in [-0.3, -0.25) is 4.79 Å². The molecule has 0 saturated carbocycles. The van der Waals surface area contributed by atoms with Crippen molar-refractivity contribution in [2.45, 2.75) is 6.92 Å². The fourth-order valence-electron chi connectivity index (χ4n) is 2.69. The van der Waals surface area contributed by atoms with Crippen LogP contribution in [0.3, 0.4) is 0 Å². The van der Waals surface area contributed by atoms with E-state index in [0.717, 1.165) is 5.56 Å². The maximum atomic E-state index is 12.8. The third-order valence-corrected chi connectivity index (χ3v) is 4.77. The molecule has 1 aliphatic heterocycles. The SMILES string of the molecule is COc1cc(/C=C2/C(=O)N(c3ccccc3)N=C2C)cc(I)c1OCC(=O)O. The Balaban J connectivity index is 1.93. The molecule has 1 aliphatic rings. The number of benzene rings is 2. The average molecular weight is 492 g/mol. The number of anilines is 1. The fourth-order valence-corrected chi connectivity index (χ4v) is 3.47. The molecule has 0 fully saturated rings. The van der Waals surface area contributed by atoms with Crippen LogP contribution in [-0.2, 0) is 9.59 Å². The predicted molar refractivity (Wildman–Crippen MR) is 114 cm³/mol. The highest BCUT2D eigenvalue weighted by Gasteiger charge is 2.28. The van der Waals surface area contributed by atoms with Crippen molar-refractivity contribution in [2.75, 3.05) is 18.7 Å². The minimum Gasteiger partial charge on any atom is -0.493 e. The first-order valence-electron chi connectivity index (χ1n) is 8.29. The van der Waals surface area contributed by atoms with Crippen LogP contribution in [0.15, 0.2) is 53.1 Å². The molecule has 144 valence electrons. The molecule has 1 N–H and O–H groups in total. The van der Waals surface area contributed by atoms with Crippen molar-refractivity contribution in [3.8, 4) is 11.5 Å². The molecular formula is C20H17IN2O5. The number of hydrazone groups is 1. The molecule has 8 heteroatoms. The van der Waals surface area contributed by atoms with E-state index in [2.05, 4.69) is 5.10 Å². The maximum Gasteiger partial charge on any atom is 0.341 e. The molecular weight excluding hydrogens is 475 g/mol. The Bertz CT molecular complexity index is 986. The second-order valence-electron chi connectivity index (χ2n) is 5.91. The number of carbonyl (C=O) groups is 2. The molecule has 0 aliphatic carbocycles. The Labute approximate surface area is 175 Å². The third kappa shape index (κ3) is 4.16. The number of aliphatic carboxylic acids is 1. The van der Waals surface area contributed by atoms with E-state index in [1.807, 2.05) is 52.9 Å². The second kappa shape index (κ2) is 8.42. The van der Waals surface area contributed by atoms with Crippen LogP contribution in [0.1, 0.15) is 12.5 Å². The molecule has 28 heavy (non-hydrogen) atoms. The minimum atomic E-state index is -1.08. The first kappa shape index (κ1) is 19.9. The van der Waals surface area contributed by atoms with Crippen LogP contribution < -0.4 is 14.5 Å². The number of hydrogen-bond acceptors (Lipinski definition) is 5. The number of halogens is 1. The lowest BCUT2D eigenvalue weighted by molar-refractivity contribution is -0.139. The molecule has 0 aromatic heterocycles. The first-order chi connectivity index (χ1) is 13.4. The molecule has 0 radical (unpaired) electrons. The molecule has 0 bridgehead atoms. The number of methoxy groups -OCH3 is 1. The van der Waals surface area contributed by atoms with Crippen molar-refractivity contribution in [1.29, 1.82) is 0 Å². The van der Waals surface area contributed by atoms with Gasteiger partial charge in [-0.05, 0) is 65.4 Å². The average Bonchev–Trinajstić information content (AvgIpc) is 2.95. The van der Waals surface area contributed by atoms with Crippen LogP contribution in [0.4, 0.5) is 5.69 Å². The van der Waals surface area contributed by atoms with E-state index < -0.39 is 12.6 Å². The largest absolute Gasteiger partial charge is 0.493 e. The summed E-state index contributed by atoms with van der Waals surface area (Å²) in [5.41, 5.74) is 2.49. The highest BCUT2D eigenvalue weighted by molar-refractivity contribution is 14.1. The van der Waals surface area contributed by atoms with Crippen LogP contribution in [-0.4, -0.2) is 36.4 Å². The topological polar surface area (TPSA) is 88.4 Å². The third-order valence-electron chi connectivity index (χ3n) is 3.97. The molecule has 0 atom stereocenters. The Morgan fingerprint density at radius 1 is 1.29 bits per heavy atom. The highest BCUT2D eigenvalue weighted by atomic mass is 127. The van der Waals surface area contributed by atoms with E-state index in [1.165, 1.54) is 12.1 Å². The van der Waals surface area contributed by atoms with Gasteiger partial charge in [0.05, 0.1) is 27.7 Å². The Kier molecular flexibility index (Phi) is 5.98. The number of ether oxygens (including phenoxy) is 2. The van der Waals surface area contributed by atoms with E-state index in [-0.39, 0.29) is 5.91 Å². The van der Waals surface area contributed by atoms with Gasteiger partial charge in [-0.2, -0.15) is 10.1 Å². The molecule has 7 nitrogen and oxygen atoms in total. The lowest BCUT2D eigenvalue weighted by atomic mass is 10.1. The number of nitrogens with zero attached hydrogens (tertiary/aromatic N) is 2. The van der Waals surface area contributed by atoms with E-state index in [0.29, 0.717) is 32.0 Å². The summed E-state index contributed by atoms with van der Waals surface area (Å²) in [6.45, 7) is 1.31. The van der Waals surface area contributed by atoms with Crippen molar-refractivity contribution >= 4 is 51.9 Å². The Hall–Kier alpha value is -2.88. The summed E-state index contributed by atoms with van der Waals surface area (Å²) < 4.78 is 11.3. The van der Waals surface area contributed by atoms with Crippen LogP contribution in [0.5, 0.6) is 11.5 Å². The minimum absolute atomic E-state index is 0.219. The van der Waals surface area contributed by atoms with Crippen molar-refractivity contribution in [1.82, 2.24) is 0 Å². The number of rotatable bonds is 6. The highest BCUT2D eigenvalue weighted by Crippen LogP contribution is 2.35. The number of hydrogen-bond donors (Lipinski definition) is 1. The van der Waals surface area contributed by atoms with Gasteiger partial charge in [-0.25, -0.2) is 4.79 Å². The molecule has 0 saturated heterocycles. The molecule has 1 heterocycles. The van der Waals surface area contributed by atoms with E-state index >= 15 is 0 Å². The quantitative estimate of drug-likeness (QED) is 0.492. The molecule has 2 aromatic carbocycles. The van der Waals surface area contributed by atoms with Gasteiger partial charge in [-0.1, -0.05) is 18.2 Å². The van der Waals surface area contributed by atoms with Crippen LogP contribution in [0.2, 0.25) is 0 Å². The van der Waals surface area contributed by atoms with Crippen LogP contribution in [0, 0.1) is 3.57 Å². The number of carbonyl (C=O) groups excluding carboxylic acids is 1. The van der Waals surface area contributed by atoms with E-state index in [9.17, 15) is 9.59 Å². The monoisotopic (exact) mass is 492 g/mol. The van der Waals surface area contributed by atoms with Gasteiger partial charge < -0.3 is 14.6 Å². The normalized spacial score (nSPS) is 15.0. The Morgan fingerprint density at radius 2 is 2.00 bits per heavy atom. The lowest BCUT2D eigenvalue weighted by Gasteiger charge is -2.13. The summed E-state index contributed by atoms with van der Waals surface area (Å²) in [5.74, 6) is -0.557. The lowest BCUT2D eigenvalue weighted by Crippen LogP contribution is -2.21. The van der Waals surface area contributed by atoms with Gasteiger partial charge in [0.25, 0.3) is 5.91 Å². The standard InChI is InChI=1S/C20H17IN2O5/c1-12-15(20(26)23(22-12)14-6-4-3-5-7-14)8-13-9-16(21)19(17(10-13)27-2)28-11-18(24)25/h3-10H,11H2,1-2H3,(H,24,25)/b15-8+. The van der Waals surface area contributed by atoms with Gasteiger partial charge in [0.2, 0.25) is 0 Å². The summed E-state index contributed by atoms with van der Waals surface area (Å²) in [5, 5.41) is 14.5. The van der Waals surface area contributed by atoms with Gasteiger partial charge in [0.1, 0.15) is 0 Å². The second-order valence-corrected chi connectivity index (χ2v) is 7.07. The van der Waals surface area contributed by atoms with Gasteiger partial charge in [0.15, 0.2) is 18.1 Å². The summed E-state index contributed by atoms with van der Waals surface area (Å²) >= 11 is 2.04. The van der Waals surface area contributed by atoms with Crippen LogP contribution >= 0.6 is 22.6 Å². The summed E-state index contributed by atoms with van der Waals surface area (Å²) in [7, 11) is 1.47. The molecule has 2 aromatic rings. The fraction of sp³-hybridized carbons (Fsp3) is 0.150. The zero-order valence-electron chi connectivity index (χ0n) is 15.2. The van der Waals surface area contributed by atoms with Crippen molar-refractivity contribution in [3.63, 3.8) is 0 Å². The van der Waals surface area contributed by atoms with Crippen molar-refractivity contribution in [3.05, 3.63) is 57.2 Å². The van der Waals surface area contributed by atoms with Crippen LogP contribution in [0.25, 0.3) is 6.08 Å². The zero-order valence-corrected chi connectivity index (χ0v) is 17.3. The van der Waals surface area contributed by atoms with E-state index in [4.69, 9.17) is 14.6 Å². The smallest absolute Gasteiger partial charge is 0.341 e. The molecule has 0 spiro atoms. The summed E-state index contributed by atoms with van der Waals surface area (Å²) in [6, 6.07) is 12.7. The summed E-state index contributed by atoms with van der Waals surface area (Å²) in [4.78, 5) is 23.6. The Morgan fingerprint density at radius 3 is 2.64 bits per heavy atom. The molecule has 0 unspecified atom stereocenters. The number of carboxylic acids is 1. The molecule has 3 rings (SSSR count). The summed E-state index contributed by atoms with van der Waals surface area (Å²) in [6.07, 6.45) is 1.73. The first-order valence-corrected chi connectivity index (χ1v) is 9.37. The number of carboxylic acid groups (broad SMARTS) is 1. The van der Waals surface area contributed by atoms with Gasteiger partial charge in [-0.15, -0.1) is 0 Å².